The van der Waals surface area contributed by atoms with Crippen molar-refractivity contribution in [3.05, 3.63) is 181 Å². The quantitative estimate of drug-likeness (QED) is 0.201. The third-order valence-electron chi connectivity index (χ3n) is 8.52. The third-order valence-corrected chi connectivity index (χ3v) is 8.52. The maximum atomic E-state index is 6.22. The van der Waals surface area contributed by atoms with Gasteiger partial charge in [-0.2, -0.15) is 0 Å². The molecular formula is C41H30N2O. The van der Waals surface area contributed by atoms with Crippen molar-refractivity contribution in [2.45, 2.75) is 12.0 Å². The van der Waals surface area contributed by atoms with Gasteiger partial charge in [0.2, 0.25) is 0 Å². The largest absolute Gasteiger partial charge is 0.483 e. The fraction of sp³-hybridized carbons (Fsp3) is 0.0488. The Hall–Kier alpha value is -5.67. The Bertz CT molecular complexity index is 1980. The molecule has 5 aromatic carbocycles. The summed E-state index contributed by atoms with van der Waals surface area (Å²) in [5.41, 5.74) is 11.7. The molecule has 2 unspecified atom stereocenters. The molecule has 0 bridgehead atoms. The van der Waals surface area contributed by atoms with E-state index in [-0.39, 0.29) is 12.0 Å². The van der Waals surface area contributed by atoms with Crippen LogP contribution in [-0.2, 0) is 0 Å². The number of pyridine rings is 1. The zero-order chi connectivity index (χ0) is 29.3. The Kier molecular flexibility index (Phi) is 6.62. The minimum atomic E-state index is -0.0188. The minimum Gasteiger partial charge on any atom is -0.483 e. The molecule has 6 aromatic rings. The summed E-state index contributed by atoms with van der Waals surface area (Å²) < 4.78 is 6.22. The summed E-state index contributed by atoms with van der Waals surface area (Å²) in [5, 5.41) is 0. The summed E-state index contributed by atoms with van der Waals surface area (Å²) in [6, 6.07) is 49.6. The van der Waals surface area contributed by atoms with Crippen LogP contribution in [0.4, 0.5) is 11.4 Å². The highest BCUT2D eigenvalue weighted by atomic mass is 16.5. The molecule has 2 atom stereocenters. The van der Waals surface area contributed by atoms with Gasteiger partial charge in [0.1, 0.15) is 11.9 Å². The van der Waals surface area contributed by atoms with Gasteiger partial charge in [0.25, 0.3) is 0 Å². The van der Waals surface area contributed by atoms with Crippen LogP contribution in [0.3, 0.4) is 0 Å². The maximum Gasteiger partial charge on any atom is 0.142 e. The Morgan fingerprint density at radius 2 is 1.14 bits per heavy atom. The number of hydrogen-bond acceptors (Lipinski definition) is 3. The SMILES string of the molecule is C1=CC2Oc3cnccc3C2C=C1N(c1ccc(-c2ccccc2)cc1)c1cccc(-c2ccc(-c3ccccc3)cc2)c1. The van der Waals surface area contributed by atoms with E-state index in [1.54, 1.807) is 0 Å². The van der Waals surface area contributed by atoms with Gasteiger partial charge in [-0.25, -0.2) is 0 Å². The molecule has 0 amide bonds. The standard InChI is InChI=1S/C41H30N2O/c1-3-8-29(9-4-1)31-14-16-33(17-15-31)34-12-7-13-36(26-34)43(35-20-18-32(19-21-35)30-10-5-2-6-11-30)37-22-23-40-39(27-37)38-24-25-42-28-41(38)44-40/h1-28,39-40H. The first-order valence-electron chi connectivity index (χ1n) is 15.0. The lowest BCUT2D eigenvalue weighted by Gasteiger charge is -2.30. The van der Waals surface area contributed by atoms with Crippen LogP contribution >= 0.6 is 0 Å². The Labute approximate surface area is 258 Å². The van der Waals surface area contributed by atoms with Crippen LogP contribution in [0.15, 0.2) is 176 Å². The first kappa shape index (κ1) is 26.0. The third kappa shape index (κ3) is 4.89. The van der Waals surface area contributed by atoms with Crippen molar-refractivity contribution in [2.75, 3.05) is 4.90 Å². The zero-order valence-electron chi connectivity index (χ0n) is 24.1. The number of rotatable bonds is 6. The van der Waals surface area contributed by atoms with Crippen LogP contribution in [0.5, 0.6) is 5.75 Å². The fourth-order valence-corrected chi connectivity index (χ4v) is 6.28. The monoisotopic (exact) mass is 566 g/mol. The first-order chi connectivity index (χ1) is 21.8. The van der Waals surface area contributed by atoms with Gasteiger partial charge < -0.3 is 9.64 Å². The van der Waals surface area contributed by atoms with Crippen molar-refractivity contribution in [1.29, 1.82) is 0 Å². The van der Waals surface area contributed by atoms with Gasteiger partial charge in [-0.15, -0.1) is 0 Å². The molecule has 210 valence electrons. The van der Waals surface area contributed by atoms with E-state index in [2.05, 4.69) is 168 Å². The summed E-state index contributed by atoms with van der Waals surface area (Å²) >= 11 is 0. The summed E-state index contributed by atoms with van der Waals surface area (Å²) in [4.78, 5) is 6.63. The van der Waals surface area contributed by atoms with Crippen LogP contribution in [0, 0.1) is 0 Å². The van der Waals surface area contributed by atoms with E-state index in [9.17, 15) is 0 Å². The summed E-state index contributed by atoms with van der Waals surface area (Å²) in [7, 11) is 0. The number of aromatic nitrogens is 1. The van der Waals surface area contributed by atoms with Gasteiger partial charge in [0.05, 0.1) is 6.20 Å². The number of fused-ring (bicyclic) bond motifs is 3. The van der Waals surface area contributed by atoms with Crippen LogP contribution in [0.2, 0.25) is 0 Å². The van der Waals surface area contributed by atoms with Crippen molar-refractivity contribution in [1.82, 2.24) is 4.98 Å². The molecular weight excluding hydrogens is 536 g/mol. The molecule has 8 rings (SSSR count). The maximum absolute atomic E-state index is 6.22. The topological polar surface area (TPSA) is 25.4 Å². The van der Waals surface area contributed by atoms with E-state index in [4.69, 9.17) is 4.74 Å². The molecule has 1 aromatic heterocycles. The van der Waals surface area contributed by atoms with E-state index in [0.717, 1.165) is 22.8 Å². The highest BCUT2D eigenvalue weighted by molar-refractivity contribution is 5.78. The molecule has 0 saturated heterocycles. The van der Waals surface area contributed by atoms with Gasteiger partial charge in [-0.3, -0.25) is 4.98 Å². The second-order valence-electron chi connectivity index (χ2n) is 11.2. The van der Waals surface area contributed by atoms with Crippen molar-refractivity contribution >= 4 is 11.4 Å². The normalized spacial score (nSPS) is 16.4. The van der Waals surface area contributed by atoms with E-state index in [0.29, 0.717) is 0 Å². The number of ether oxygens (including phenoxy) is 1. The van der Waals surface area contributed by atoms with Crippen molar-refractivity contribution in [2.24, 2.45) is 0 Å². The molecule has 3 heteroatoms. The lowest BCUT2D eigenvalue weighted by atomic mass is 9.91. The van der Waals surface area contributed by atoms with E-state index >= 15 is 0 Å². The van der Waals surface area contributed by atoms with Crippen LogP contribution in [0.25, 0.3) is 33.4 Å². The molecule has 0 fully saturated rings. The smallest absolute Gasteiger partial charge is 0.142 e. The average molecular weight is 567 g/mol. The second kappa shape index (κ2) is 11.2. The summed E-state index contributed by atoms with van der Waals surface area (Å²) in [5.74, 6) is 0.997. The Balaban J connectivity index is 1.19. The Morgan fingerprint density at radius 1 is 0.545 bits per heavy atom. The van der Waals surface area contributed by atoms with Crippen LogP contribution < -0.4 is 9.64 Å². The van der Waals surface area contributed by atoms with Crippen LogP contribution in [0.1, 0.15) is 11.5 Å². The van der Waals surface area contributed by atoms with Gasteiger partial charge in [-0.1, -0.05) is 109 Å². The Morgan fingerprint density at radius 3 is 1.82 bits per heavy atom. The number of allylic oxidation sites excluding steroid dienone is 1. The number of anilines is 2. The summed E-state index contributed by atoms with van der Waals surface area (Å²) in [6.07, 6.45) is 10.4. The van der Waals surface area contributed by atoms with E-state index in [1.807, 2.05) is 12.4 Å². The molecule has 44 heavy (non-hydrogen) atoms. The second-order valence-corrected chi connectivity index (χ2v) is 11.2. The molecule has 1 aliphatic carbocycles. The fourth-order valence-electron chi connectivity index (χ4n) is 6.28. The highest BCUT2D eigenvalue weighted by Crippen LogP contribution is 2.44. The number of benzene rings is 5. The molecule has 0 saturated carbocycles. The van der Waals surface area contributed by atoms with E-state index < -0.39 is 0 Å². The zero-order valence-corrected chi connectivity index (χ0v) is 24.1. The number of nitrogens with zero attached hydrogens (tertiary/aromatic N) is 2. The molecule has 2 aliphatic rings. The predicted octanol–water partition coefficient (Wildman–Crippen LogP) is 10.2. The van der Waals surface area contributed by atoms with E-state index in [1.165, 1.54) is 38.9 Å². The van der Waals surface area contributed by atoms with Gasteiger partial charge >= 0.3 is 0 Å². The lowest BCUT2D eigenvalue weighted by Crippen LogP contribution is -2.23. The molecule has 3 nitrogen and oxygen atoms in total. The molecule has 0 radical (unpaired) electrons. The molecule has 2 heterocycles. The molecule has 0 N–H and O–H groups in total. The van der Waals surface area contributed by atoms with Crippen molar-refractivity contribution < 1.29 is 4.74 Å². The summed E-state index contributed by atoms with van der Waals surface area (Å²) in [6.45, 7) is 0. The van der Waals surface area contributed by atoms with Gasteiger partial charge in [0.15, 0.2) is 0 Å². The number of hydrogen-bond donors (Lipinski definition) is 0. The molecule has 0 spiro atoms. The minimum absolute atomic E-state index is 0.0188. The van der Waals surface area contributed by atoms with Crippen molar-refractivity contribution in [3.8, 4) is 39.1 Å². The first-order valence-corrected chi connectivity index (χ1v) is 15.0. The highest BCUT2D eigenvalue weighted by Gasteiger charge is 2.34. The van der Waals surface area contributed by atoms with Gasteiger partial charge in [0, 0.05) is 34.8 Å². The lowest BCUT2D eigenvalue weighted by molar-refractivity contribution is 0.267. The predicted molar refractivity (Wildman–Crippen MR) is 180 cm³/mol. The molecule has 1 aliphatic heterocycles. The average Bonchev–Trinajstić information content (AvgIpc) is 3.48. The van der Waals surface area contributed by atoms with Gasteiger partial charge in [-0.05, 0) is 81.9 Å². The van der Waals surface area contributed by atoms with Crippen LogP contribution in [-0.4, -0.2) is 11.1 Å². The van der Waals surface area contributed by atoms with Crippen molar-refractivity contribution in [3.63, 3.8) is 0 Å².